The minimum atomic E-state index is -0.194. The van der Waals surface area contributed by atoms with Gasteiger partial charge in [-0.2, -0.15) is 0 Å². The van der Waals surface area contributed by atoms with Crippen molar-refractivity contribution in [3.63, 3.8) is 0 Å². The molecule has 0 fully saturated rings. The molecule has 1 heterocycles. The SMILES string of the molecule is CN=C(NCCCN1CCc2ccccc2C1)NCc1ccccc1F.I. The molecule has 0 radical (unpaired) electrons. The highest BCUT2D eigenvalue weighted by Gasteiger charge is 2.14. The highest BCUT2D eigenvalue weighted by molar-refractivity contribution is 14.0. The van der Waals surface area contributed by atoms with Crippen molar-refractivity contribution in [3.05, 3.63) is 71.0 Å². The van der Waals surface area contributed by atoms with E-state index < -0.39 is 0 Å². The maximum Gasteiger partial charge on any atom is 0.191 e. The average molecular weight is 482 g/mol. The molecule has 1 aliphatic heterocycles. The van der Waals surface area contributed by atoms with E-state index in [1.807, 2.05) is 6.07 Å². The Balaban J connectivity index is 0.00000261. The standard InChI is InChI=1S/C21H27FN4.HI/c1-23-21(25-15-18-8-4-5-10-20(18)22)24-12-6-13-26-14-11-17-7-2-3-9-19(17)16-26;/h2-5,7-10H,6,11-16H2,1H3,(H2,23,24,25);1H. The van der Waals surface area contributed by atoms with Gasteiger partial charge in [0, 0.05) is 45.3 Å². The molecule has 146 valence electrons. The number of hydrogen-bond donors (Lipinski definition) is 2. The Morgan fingerprint density at radius 2 is 1.81 bits per heavy atom. The molecule has 0 bridgehead atoms. The van der Waals surface area contributed by atoms with E-state index in [-0.39, 0.29) is 29.8 Å². The lowest BCUT2D eigenvalue weighted by Gasteiger charge is -2.28. The number of nitrogens with one attached hydrogen (secondary N) is 2. The number of fused-ring (bicyclic) bond motifs is 1. The average Bonchev–Trinajstić information content (AvgIpc) is 2.68. The van der Waals surface area contributed by atoms with E-state index in [2.05, 4.69) is 44.8 Å². The Morgan fingerprint density at radius 3 is 2.59 bits per heavy atom. The van der Waals surface area contributed by atoms with Gasteiger partial charge in [0.15, 0.2) is 5.96 Å². The summed E-state index contributed by atoms with van der Waals surface area (Å²) in [7, 11) is 1.73. The van der Waals surface area contributed by atoms with Crippen LogP contribution in [0.1, 0.15) is 23.1 Å². The first-order valence-corrected chi connectivity index (χ1v) is 9.23. The summed E-state index contributed by atoms with van der Waals surface area (Å²) >= 11 is 0. The summed E-state index contributed by atoms with van der Waals surface area (Å²) in [6.45, 7) is 4.49. The Hall–Kier alpha value is -1.67. The van der Waals surface area contributed by atoms with Crippen LogP contribution in [-0.2, 0) is 19.5 Å². The van der Waals surface area contributed by atoms with Gasteiger partial charge < -0.3 is 10.6 Å². The molecule has 2 aromatic carbocycles. The molecule has 0 aromatic heterocycles. The van der Waals surface area contributed by atoms with Crippen molar-refractivity contribution in [2.24, 2.45) is 4.99 Å². The molecule has 2 N–H and O–H groups in total. The van der Waals surface area contributed by atoms with Crippen LogP contribution in [0.15, 0.2) is 53.5 Å². The molecule has 6 heteroatoms. The van der Waals surface area contributed by atoms with Crippen LogP contribution >= 0.6 is 24.0 Å². The summed E-state index contributed by atoms with van der Waals surface area (Å²) < 4.78 is 13.7. The summed E-state index contributed by atoms with van der Waals surface area (Å²) in [5.41, 5.74) is 3.58. The van der Waals surface area contributed by atoms with Crippen molar-refractivity contribution in [1.82, 2.24) is 15.5 Å². The molecular formula is C21H28FIN4. The zero-order valence-corrected chi connectivity index (χ0v) is 18.1. The fourth-order valence-corrected chi connectivity index (χ4v) is 3.30. The molecule has 0 spiro atoms. The normalized spacial score (nSPS) is 14.2. The fourth-order valence-electron chi connectivity index (χ4n) is 3.30. The van der Waals surface area contributed by atoms with E-state index in [0.29, 0.717) is 18.1 Å². The highest BCUT2D eigenvalue weighted by Crippen LogP contribution is 2.18. The molecule has 1 aliphatic rings. The number of benzene rings is 2. The molecule has 3 rings (SSSR count). The third kappa shape index (κ3) is 6.46. The molecule has 2 aromatic rings. The van der Waals surface area contributed by atoms with Gasteiger partial charge in [-0.05, 0) is 30.0 Å². The van der Waals surface area contributed by atoms with Crippen LogP contribution in [0.5, 0.6) is 0 Å². The van der Waals surface area contributed by atoms with Gasteiger partial charge >= 0.3 is 0 Å². The molecule has 0 aliphatic carbocycles. The fraction of sp³-hybridized carbons (Fsp3) is 0.381. The van der Waals surface area contributed by atoms with Crippen LogP contribution in [0.2, 0.25) is 0 Å². The Kier molecular flexibility index (Phi) is 9.00. The van der Waals surface area contributed by atoms with Gasteiger partial charge in [0.2, 0.25) is 0 Å². The third-order valence-electron chi connectivity index (χ3n) is 4.78. The van der Waals surface area contributed by atoms with Crippen LogP contribution in [0.25, 0.3) is 0 Å². The molecule has 4 nitrogen and oxygen atoms in total. The lowest BCUT2D eigenvalue weighted by Crippen LogP contribution is -2.39. The van der Waals surface area contributed by atoms with E-state index in [4.69, 9.17) is 0 Å². The number of hydrogen-bond acceptors (Lipinski definition) is 2. The third-order valence-corrected chi connectivity index (χ3v) is 4.78. The van der Waals surface area contributed by atoms with Crippen molar-refractivity contribution >= 4 is 29.9 Å². The second-order valence-electron chi connectivity index (χ2n) is 6.59. The van der Waals surface area contributed by atoms with Crippen LogP contribution in [-0.4, -0.2) is 37.5 Å². The van der Waals surface area contributed by atoms with Crippen molar-refractivity contribution in [1.29, 1.82) is 0 Å². The molecule has 27 heavy (non-hydrogen) atoms. The second kappa shape index (κ2) is 11.2. The molecule has 0 saturated carbocycles. The Morgan fingerprint density at radius 1 is 1.07 bits per heavy atom. The lowest BCUT2D eigenvalue weighted by molar-refractivity contribution is 0.251. The molecule has 0 saturated heterocycles. The van der Waals surface area contributed by atoms with E-state index in [9.17, 15) is 4.39 Å². The summed E-state index contributed by atoms with van der Waals surface area (Å²) in [5, 5.41) is 6.47. The summed E-state index contributed by atoms with van der Waals surface area (Å²) in [4.78, 5) is 6.70. The minimum absolute atomic E-state index is 0. The number of halogens is 2. The summed E-state index contributed by atoms with van der Waals surface area (Å²) in [5.74, 6) is 0.512. The number of guanidine groups is 1. The van der Waals surface area contributed by atoms with Crippen LogP contribution < -0.4 is 10.6 Å². The predicted molar refractivity (Wildman–Crippen MR) is 120 cm³/mol. The Labute approximate surface area is 178 Å². The molecular weight excluding hydrogens is 454 g/mol. The number of rotatable bonds is 6. The number of nitrogens with zero attached hydrogens (tertiary/aromatic N) is 2. The van der Waals surface area contributed by atoms with Crippen molar-refractivity contribution < 1.29 is 4.39 Å². The first-order valence-electron chi connectivity index (χ1n) is 9.23. The zero-order valence-electron chi connectivity index (χ0n) is 15.7. The summed E-state index contributed by atoms with van der Waals surface area (Å²) in [6, 6.07) is 15.5. The topological polar surface area (TPSA) is 39.7 Å². The van der Waals surface area contributed by atoms with Gasteiger partial charge in [0.1, 0.15) is 5.82 Å². The second-order valence-corrected chi connectivity index (χ2v) is 6.59. The zero-order chi connectivity index (χ0) is 18.2. The highest BCUT2D eigenvalue weighted by atomic mass is 127. The smallest absolute Gasteiger partial charge is 0.191 e. The van der Waals surface area contributed by atoms with Gasteiger partial charge in [-0.1, -0.05) is 42.5 Å². The molecule has 0 atom stereocenters. The van der Waals surface area contributed by atoms with Crippen LogP contribution in [0.4, 0.5) is 4.39 Å². The number of aliphatic imine (C=N–C) groups is 1. The van der Waals surface area contributed by atoms with E-state index in [1.165, 1.54) is 17.2 Å². The van der Waals surface area contributed by atoms with Gasteiger partial charge in [-0.3, -0.25) is 9.89 Å². The molecule has 0 amide bonds. The van der Waals surface area contributed by atoms with E-state index >= 15 is 0 Å². The Bertz CT molecular complexity index is 750. The van der Waals surface area contributed by atoms with Crippen LogP contribution in [0, 0.1) is 5.82 Å². The van der Waals surface area contributed by atoms with Gasteiger partial charge in [-0.15, -0.1) is 24.0 Å². The van der Waals surface area contributed by atoms with E-state index in [1.54, 1.807) is 19.2 Å². The van der Waals surface area contributed by atoms with Crippen molar-refractivity contribution in [2.75, 3.05) is 26.7 Å². The summed E-state index contributed by atoms with van der Waals surface area (Å²) in [6.07, 6.45) is 2.18. The van der Waals surface area contributed by atoms with Gasteiger partial charge in [0.05, 0.1) is 0 Å². The quantitative estimate of drug-likeness (QED) is 0.287. The first kappa shape index (κ1) is 21.6. The largest absolute Gasteiger partial charge is 0.356 e. The van der Waals surface area contributed by atoms with Crippen molar-refractivity contribution in [2.45, 2.75) is 25.9 Å². The lowest BCUT2D eigenvalue weighted by atomic mass is 10.00. The van der Waals surface area contributed by atoms with Crippen LogP contribution in [0.3, 0.4) is 0 Å². The van der Waals surface area contributed by atoms with Gasteiger partial charge in [-0.25, -0.2) is 4.39 Å². The van der Waals surface area contributed by atoms with E-state index in [0.717, 1.165) is 39.0 Å². The molecule has 0 unspecified atom stereocenters. The first-order chi connectivity index (χ1) is 12.8. The minimum Gasteiger partial charge on any atom is -0.356 e. The van der Waals surface area contributed by atoms with Crippen molar-refractivity contribution in [3.8, 4) is 0 Å². The van der Waals surface area contributed by atoms with Gasteiger partial charge in [0.25, 0.3) is 0 Å². The predicted octanol–water partition coefficient (Wildman–Crippen LogP) is 3.56. The maximum absolute atomic E-state index is 13.7. The maximum atomic E-state index is 13.7. The monoisotopic (exact) mass is 482 g/mol.